The van der Waals surface area contributed by atoms with E-state index >= 15 is 0 Å². The summed E-state index contributed by atoms with van der Waals surface area (Å²) in [5.41, 5.74) is 6.29. The van der Waals surface area contributed by atoms with Crippen LogP contribution in [0.4, 0.5) is 10.1 Å². The Morgan fingerprint density at radius 2 is 1.89 bits per heavy atom. The van der Waals surface area contributed by atoms with Crippen molar-refractivity contribution >= 4 is 27.1 Å². The van der Waals surface area contributed by atoms with Crippen LogP contribution in [0.5, 0.6) is 0 Å². The Bertz CT molecular complexity index is 744. The van der Waals surface area contributed by atoms with Gasteiger partial charge in [0.2, 0.25) is 0 Å². The second-order valence-electron chi connectivity index (χ2n) is 4.15. The Kier molecular flexibility index (Phi) is 3.52. The lowest BCUT2D eigenvalue weighted by molar-refractivity contribution is 0.602. The van der Waals surface area contributed by atoms with E-state index < -0.39 is 15.7 Å². The highest BCUT2D eigenvalue weighted by atomic mass is 35.5. The second kappa shape index (κ2) is 4.83. The summed E-state index contributed by atoms with van der Waals surface area (Å²) in [5.74, 6) is -0.549. The van der Waals surface area contributed by atoms with Gasteiger partial charge in [-0.25, -0.2) is 12.8 Å². The molecule has 0 spiro atoms. The lowest BCUT2D eigenvalue weighted by Crippen LogP contribution is -1.97. The van der Waals surface area contributed by atoms with Gasteiger partial charge in [0, 0.05) is 11.8 Å². The fourth-order valence-electron chi connectivity index (χ4n) is 1.68. The number of sulfone groups is 1. The van der Waals surface area contributed by atoms with Crippen LogP contribution in [0.15, 0.2) is 41.3 Å². The summed E-state index contributed by atoms with van der Waals surface area (Å²) < 4.78 is 36.8. The van der Waals surface area contributed by atoms with E-state index in [0.29, 0.717) is 5.56 Å². The normalized spacial score (nSPS) is 11.5. The SMILES string of the molecule is CS(=O)(=O)c1cccc(-c2cc(Cl)c(N)cc2F)c1. The number of nitrogen functional groups attached to an aromatic ring is 1. The highest BCUT2D eigenvalue weighted by Gasteiger charge is 2.12. The molecule has 0 amide bonds. The molecule has 0 bridgehead atoms. The molecule has 0 aliphatic heterocycles. The largest absolute Gasteiger partial charge is 0.397 e. The topological polar surface area (TPSA) is 60.2 Å². The van der Waals surface area contributed by atoms with Crippen molar-refractivity contribution in [1.82, 2.24) is 0 Å². The van der Waals surface area contributed by atoms with Crippen molar-refractivity contribution in [2.75, 3.05) is 12.0 Å². The van der Waals surface area contributed by atoms with Gasteiger partial charge in [-0.05, 0) is 29.8 Å². The molecule has 0 aromatic heterocycles. The molecule has 2 rings (SSSR count). The van der Waals surface area contributed by atoms with E-state index in [1.165, 1.54) is 18.2 Å². The summed E-state index contributed by atoms with van der Waals surface area (Å²) >= 11 is 5.86. The smallest absolute Gasteiger partial charge is 0.175 e. The van der Waals surface area contributed by atoms with Crippen molar-refractivity contribution < 1.29 is 12.8 Å². The van der Waals surface area contributed by atoms with Gasteiger partial charge in [-0.15, -0.1) is 0 Å². The minimum absolute atomic E-state index is 0.123. The molecule has 0 aliphatic rings. The van der Waals surface area contributed by atoms with Gasteiger partial charge >= 0.3 is 0 Å². The van der Waals surface area contributed by atoms with Gasteiger partial charge in [0.15, 0.2) is 9.84 Å². The third kappa shape index (κ3) is 2.88. The van der Waals surface area contributed by atoms with E-state index in [1.807, 2.05) is 0 Å². The Morgan fingerprint density at radius 1 is 1.21 bits per heavy atom. The molecule has 0 atom stereocenters. The first kappa shape index (κ1) is 13.8. The molecule has 0 saturated heterocycles. The van der Waals surface area contributed by atoms with Crippen molar-refractivity contribution in [2.45, 2.75) is 4.90 Å². The fourth-order valence-corrected chi connectivity index (χ4v) is 2.51. The number of benzene rings is 2. The van der Waals surface area contributed by atoms with Gasteiger partial charge in [0.25, 0.3) is 0 Å². The molecule has 2 aromatic carbocycles. The summed E-state index contributed by atoms with van der Waals surface area (Å²) in [5, 5.41) is 0.223. The number of hydrogen-bond donors (Lipinski definition) is 1. The predicted octanol–water partition coefficient (Wildman–Crippen LogP) is 3.13. The molecule has 0 aliphatic carbocycles. The molecule has 0 unspecified atom stereocenters. The zero-order valence-electron chi connectivity index (χ0n) is 10.0. The van der Waals surface area contributed by atoms with Crippen molar-refractivity contribution in [2.24, 2.45) is 0 Å². The molecule has 2 N–H and O–H groups in total. The van der Waals surface area contributed by atoms with Crippen LogP contribution >= 0.6 is 11.6 Å². The lowest BCUT2D eigenvalue weighted by atomic mass is 10.0. The van der Waals surface area contributed by atoms with Crippen LogP contribution in [0.1, 0.15) is 0 Å². The summed E-state index contributed by atoms with van der Waals surface area (Å²) in [6, 6.07) is 8.52. The molecule has 6 heteroatoms. The van der Waals surface area contributed by atoms with Gasteiger partial charge in [-0.2, -0.15) is 0 Å². The summed E-state index contributed by atoms with van der Waals surface area (Å²) in [4.78, 5) is 0.123. The van der Waals surface area contributed by atoms with E-state index in [2.05, 4.69) is 0 Å². The average Bonchev–Trinajstić information content (AvgIpc) is 2.33. The van der Waals surface area contributed by atoms with Crippen LogP contribution in [0.25, 0.3) is 11.1 Å². The molecular formula is C13H11ClFNO2S. The standard InChI is InChI=1S/C13H11ClFNO2S/c1-19(17,18)9-4-2-3-8(5-9)10-6-11(14)13(16)7-12(10)15/h2-7H,16H2,1H3. The van der Waals surface area contributed by atoms with Gasteiger partial charge in [-0.1, -0.05) is 23.7 Å². The van der Waals surface area contributed by atoms with Gasteiger partial charge < -0.3 is 5.73 Å². The Hall–Kier alpha value is -1.59. The van der Waals surface area contributed by atoms with E-state index in [-0.39, 0.29) is 21.2 Å². The van der Waals surface area contributed by atoms with Crippen LogP contribution in [0.3, 0.4) is 0 Å². The first-order valence-electron chi connectivity index (χ1n) is 5.34. The molecule has 0 saturated carbocycles. The Labute approximate surface area is 115 Å². The predicted molar refractivity (Wildman–Crippen MR) is 74.4 cm³/mol. The van der Waals surface area contributed by atoms with Crippen molar-refractivity contribution in [3.8, 4) is 11.1 Å². The van der Waals surface area contributed by atoms with E-state index in [4.69, 9.17) is 17.3 Å². The number of hydrogen-bond acceptors (Lipinski definition) is 3. The number of rotatable bonds is 2. The van der Waals surface area contributed by atoms with Crippen LogP contribution < -0.4 is 5.73 Å². The van der Waals surface area contributed by atoms with Gasteiger partial charge in [0.05, 0.1) is 15.6 Å². The maximum absolute atomic E-state index is 13.9. The van der Waals surface area contributed by atoms with E-state index in [0.717, 1.165) is 12.3 Å². The zero-order chi connectivity index (χ0) is 14.2. The Morgan fingerprint density at radius 3 is 2.53 bits per heavy atom. The maximum Gasteiger partial charge on any atom is 0.175 e. The molecule has 3 nitrogen and oxygen atoms in total. The van der Waals surface area contributed by atoms with Crippen LogP contribution in [-0.4, -0.2) is 14.7 Å². The minimum Gasteiger partial charge on any atom is -0.397 e. The van der Waals surface area contributed by atoms with Crippen LogP contribution in [0, 0.1) is 5.82 Å². The summed E-state index contributed by atoms with van der Waals surface area (Å²) in [6.45, 7) is 0. The molecule has 0 radical (unpaired) electrons. The van der Waals surface area contributed by atoms with Gasteiger partial charge in [0.1, 0.15) is 5.82 Å². The average molecular weight is 300 g/mol. The fraction of sp³-hybridized carbons (Fsp3) is 0.0769. The quantitative estimate of drug-likeness (QED) is 0.867. The maximum atomic E-state index is 13.9. The highest BCUT2D eigenvalue weighted by Crippen LogP contribution is 2.31. The first-order chi connectivity index (χ1) is 8.79. The zero-order valence-corrected chi connectivity index (χ0v) is 11.6. The molecule has 2 aromatic rings. The van der Waals surface area contributed by atoms with Gasteiger partial charge in [-0.3, -0.25) is 0 Å². The molecule has 19 heavy (non-hydrogen) atoms. The number of nitrogens with two attached hydrogens (primary N) is 1. The van der Waals surface area contributed by atoms with Crippen LogP contribution in [-0.2, 0) is 9.84 Å². The van der Waals surface area contributed by atoms with Crippen molar-refractivity contribution in [3.05, 3.63) is 47.2 Å². The molecule has 0 fully saturated rings. The third-order valence-corrected chi connectivity index (χ3v) is 4.10. The summed E-state index contributed by atoms with van der Waals surface area (Å²) in [6.07, 6.45) is 1.10. The first-order valence-corrected chi connectivity index (χ1v) is 7.61. The molecular weight excluding hydrogens is 289 g/mol. The monoisotopic (exact) mass is 299 g/mol. The van der Waals surface area contributed by atoms with Crippen molar-refractivity contribution in [3.63, 3.8) is 0 Å². The highest BCUT2D eigenvalue weighted by molar-refractivity contribution is 7.90. The van der Waals surface area contributed by atoms with Crippen molar-refractivity contribution in [1.29, 1.82) is 0 Å². The van der Waals surface area contributed by atoms with Crippen LogP contribution in [0.2, 0.25) is 5.02 Å². The number of halogens is 2. The van der Waals surface area contributed by atoms with E-state index in [9.17, 15) is 12.8 Å². The van der Waals surface area contributed by atoms with E-state index in [1.54, 1.807) is 12.1 Å². The lowest BCUT2D eigenvalue weighted by Gasteiger charge is -2.08. The minimum atomic E-state index is -3.34. The molecule has 100 valence electrons. The Balaban J connectivity index is 2.63. The summed E-state index contributed by atoms with van der Waals surface area (Å²) in [7, 11) is -3.34. The molecule has 0 heterocycles. The second-order valence-corrected chi connectivity index (χ2v) is 6.58. The third-order valence-electron chi connectivity index (χ3n) is 2.66. The number of anilines is 1.